The zero-order valence-electron chi connectivity index (χ0n) is 12.5. The molecule has 2 rings (SSSR count). The van der Waals surface area contributed by atoms with Crippen LogP contribution in [-0.4, -0.2) is 27.0 Å². The standard InChI is InChI=1S/C15H12ClF3N2O3S/c16-11-3-5-12(6-4-11)21-25(23,24)13-7-1-10(2-8-13)14(22)20-9-15(17,18)19/h1-8,21H,9H2,(H,20,22). The van der Waals surface area contributed by atoms with Crippen LogP contribution in [0.5, 0.6) is 0 Å². The maximum absolute atomic E-state index is 12.2. The summed E-state index contributed by atoms with van der Waals surface area (Å²) in [5.74, 6) is -0.952. The average Bonchev–Trinajstić information content (AvgIpc) is 2.54. The summed E-state index contributed by atoms with van der Waals surface area (Å²) < 4.78 is 63.0. The van der Waals surface area contributed by atoms with Crippen LogP contribution >= 0.6 is 11.6 Å². The fraction of sp³-hybridized carbons (Fsp3) is 0.133. The number of sulfonamides is 1. The number of benzene rings is 2. The maximum Gasteiger partial charge on any atom is 0.405 e. The summed E-state index contributed by atoms with van der Waals surface area (Å²) in [7, 11) is -3.91. The summed E-state index contributed by atoms with van der Waals surface area (Å²) in [6.45, 7) is -1.47. The molecular formula is C15H12ClF3N2O3S. The molecule has 2 aromatic carbocycles. The van der Waals surface area contributed by atoms with Crippen LogP contribution in [0.15, 0.2) is 53.4 Å². The molecule has 0 saturated heterocycles. The second kappa shape index (κ2) is 7.32. The molecule has 25 heavy (non-hydrogen) atoms. The van der Waals surface area contributed by atoms with Gasteiger partial charge in [0.05, 0.1) is 4.90 Å². The lowest BCUT2D eigenvalue weighted by Crippen LogP contribution is -2.33. The third-order valence-electron chi connectivity index (χ3n) is 2.97. The smallest absolute Gasteiger partial charge is 0.343 e. The molecule has 0 fully saturated rings. The van der Waals surface area contributed by atoms with Gasteiger partial charge in [0, 0.05) is 16.3 Å². The van der Waals surface area contributed by atoms with Crippen LogP contribution in [0.3, 0.4) is 0 Å². The van der Waals surface area contributed by atoms with Crippen LogP contribution < -0.4 is 10.0 Å². The van der Waals surface area contributed by atoms with E-state index >= 15 is 0 Å². The molecular weight excluding hydrogens is 381 g/mol. The third-order valence-corrected chi connectivity index (χ3v) is 4.62. The Hall–Kier alpha value is -2.26. The summed E-state index contributed by atoms with van der Waals surface area (Å²) in [6.07, 6.45) is -4.53. The van der Waals surface area contributed by atoms with E-state index in [1.165, 1.54) is 24.3 Å². The van der Waals surface area contributed by atoms with Crippen molar-refractivity contribution in [2.24, 2.45) is 0 Å². The molecule has 1 amide bonds. The first-order valence-corrected chi connectivity index (χ1v) is 8.66. The molecule has 0 unspecified atom stereocenters. The van der Waals surface area contributed by atoms with Gasteiger partial charge in [-0.2, -0.15) is 13.2 Å². The van der Waals surface area contributed by atoms with Crippen molar-refractivity contribution in [2.45, 2.75) is 11.1 Å². The van der Waals surface area contributed by atoms with Gasteiger partial charge in [-0.1, -0.05) is 11.6 Å². The number of amides is 1. The highest BCUT2D eigenvalue weighted by molar-refractivity contribution is 7.92. The van der Waals surface area contributed by atoms with Gasteiger partial charge in [-0.15, -0.1) is 0 Å². The van der Waals surface area contributed by atoms with Crippen LogP contribution in [0.2, 0.25) is 5.02 Å². The molecule has 134 valence electrons. The summed E-state index contributed by atoms with van der Waals surface area (Å²) in [6, 6.07) is 10.5. The van der Waals surface area contributed by atoms with Crippen LogP contribution in [0.1, 0.15) is 10.4 Å². The van der Waals surface area contributed by atoms with Crippen molar-refractivity contribution >= 4 is 33.2 Å². The van der Waals surface area contributed by atoms with Gasteiger partial charge < -0.3 is 5.32 Å². The number of hydrogen-bond donors (Lipinski definition) is 2. The van der Waals surface area contributed by atoms with E-state index in [0.29, 0.717) is 5.02 Å². The van der Waals surface area contributed by atoms with Gasteiger partial charge >= 0.3 is 6.18 Å². The van der Waals surface area contributed by atoms with Gasteiger partial charge in [0.15, 0.2) is 0 Å². The van der Waals surface area contributed by atoms with Gasteiger partial charge in [-0.3, -0.25) is 9.52 Å². The van der Waals surface area contributed by atoms with Gasteiger partial charge in [0.25, 0.3) is 15.9 Å². The highest BCUT2D eigenvalue weighted by atomic mass is 35.5. The predicted molar refractivity (Wildman–Crippen MR) is 87.1 cm³/mol. The first kappa shape index (κ1) is 19.1. The average molecular weight is 393 g/mol. The van der Waals surface area contributed by atoms with E-state index in [1.54, 1.807) is 5.32 Å². The van der Waals surface area contributed by atoms with Crippen molar-refractivity contribution in [3.63, 3.8) is 0 Å². The van der Waals surface area contributed by atoms with Crippen LogP contribution in [0.25, 0.3) is 0 Å². The fourth-order valence-electron chi connectivity index (χ4n) is 1.80. The minimum absolute atomic E-state index is 0.0882. The van der Waals surface area contributed by atoms with Gasteiger partial charge in [0.1, 0.15) is 6.54 Å². The van der Waals surface area contributed by atoms with E-state index in [4.69, 9.17) is 11.6 Å². The number of nitrogens with one attached hydrogen (secondary N) is 2. The normalized spacial score (nSPS) is 11.8. The van der Waals surface area contributed by atoms with Crippen LogP contribution in [0, 0.1) is 0 Å². The van der Waals surface area contributed by atoms with Crippen LogP contribution in [0.4, 0.5) is 18.9 Å². The SMILES string of the molecule is O=C(NCC(F)(F)F)c1ccc(S(=O)(=O)Nc2ccc(Cl)cc2)cc1. The second-order valence-electron chi connectivity index (χ2n) is 4.93. The lowest BCUT2D eigenvalue weighted by molar-refractivity contribution is -0.123. The number of carbonyl (C=O) groups is 1. The van der Waals surface area contributed by atoms with Crippen LogP contribution in [-0.2, 0) is 10.0 Å². The molecule has 2 N–H and O–H groups in total. The second-order valence-corrected chi connectivity index (χ2v) is 7.05. The van der Waals surface area contributed by atoms with E-state index in [1.807, 2.05) is 0 Å². The number of alkyl halides is 3. The number of halogens is 4. The predicted octanol–water partition coefficient (Wildman–Crippen LogP) is 3.43. The quantitative estimate of drug-likeness (QED) is 0.818. The monoisotopic (exact) mass is 392 g/mol. The Kier molecular flexibility index (Phi) is 5.58. The molecule has 0 saturated carbocycles. The molecule has 0 aliphatic rings. The van der Waals surface area contributed by atoms with Crippen molar-refractivity contribution in [1.82, 2.24) is 5.32 Å². The third kappa shape index (κ3) is 5.64. The molecule has 0 bridgehead atoms. The minimum atomic E-state index is -4.53. The number of carbonyl (C=O) groups excluding carboxylic acids is 1. The van der Waals surface area contributed by atoms with E-state index in [9.17, 15) is 26.4 Å². The Bertz CT molecular complexity index is 851. The number of hydrogen-bond acceptors (Lipinski definition) is 3. The lowest BCUT2D eigenvalue weighted by atomic mass is 10.2. The Morgan fingerprint density at radius 3 is 2.08 bits per heavy atom. The first-order chi connectivity index (χ1) is 11.6. The molecule has 0 aromatic heterocycles. The highest BCUT2D eigenvalue weighted by Gasteiger charge is 2.28. The minimum Gasteiger partial charge on any atom is -0.343 e. The fourth-order valence-corrected chi connectivity index (χ4v) is 2.98. The Morgan fingerprint density at radius 2 is 1.56 bits per heavy atom. The summed E-state index contributed by atoms with van der Waals surface area (Å²) in [4.78, 5) is 11.4. The zero-order chi connectivity index (χ0) is 18.7. The molecule has 10 heteroatoms. The number of anilines is 1. The van der Waals surface area contributed by atoms with E-state index < -0.39 is 28.7 Å². The van der Waals surface area contributed by atoms with Crippen molar-refractivity contribution in [3.8, 4) is 0 Å². The molecule has 0 radical (unpaired) electrons. The van der Waals surface area contributed by atoms with E-state index in [-0.39, 0.29) is 16.1 Å². The van der Waals surface area contributed by atoms with Gasteiger partial charge in [-0.05, 0) is 48.5 Å². The van der Waals surface area contributed by atoms with Crippen molar-refractivity contribution < 1.29 is 26.4 Å². The molecule has 0 heterocycles. The van der Waals surface area contributed by atoms with Gasteiger partial charge in [0.2, 0.25) is 0 Å². The first-order valence-electron chi connectivity index (χ1n) is 6.80. The molecule has 0 aliphatic heterocycles. The van der Waals surface area contributed by atoms with Crippen molar-refractivity contribution in [2.75, 3.05) is 11.3 Å². The largest absolute Gasteiger partial charge is 0.405 e. The molecule has 0 atom stereocenters. The Balaban J connectivity index is 2.10. The van der Waals surface area contributed by atoms with Crippen molar-refractivity contribution in [3.05, 3.63) is 59.1 Å². The maximum atomic E-state index is 12.2. The van der Waals surface area contributed by atoms with Crippen molar-refractivity contribution in [1.29, 1.82) is 0 Å². The summed E-state index contributed by atoms with van der Waals surface area (Å²) in [5, 5.41) is 2.14. The molecule has 2 aromatic rings. The molecule has 0 aliphatic carbocycles. The topological polar surface area (TPSA) is 75.3 Å². The lowest BCUT2D eigenvalue weighted by Gasteiger charge is -2.10. The molecule has 5 nitrogen and oxygen atoms in total. The van der Waals surface area contributed by atoms with Gasteiger partial charge in [-0.25, -0.2) is 8.42 Å². The summed E-state index contributed by atoms with van der Waals surface area (Å²) >= 11 is 5.72. The molecule has 0 spiro atoms. The Morgan fingerprint density at radius 1 is 1.00 bits per heavy atom. The zero-order valence-corrected chi connectivity index (χ0v) is 14.0. The van der Waals surface area contributed by atoms with E-state index in [2.05, 4.69) is 4.72 Å². The highest BCUT2D eigenvalue weighted by Crippen LogP contribution is 2.19. The summed E-state index contributed by atoms with van der Waals surface area (Å²) in [5.41, 5.74) is 0.200. The van der Waals surface area contributed by atoms with E-state index in [0.717, 1.165) is 24.3 Å². The number of rotatable bonds is 5. The Labute approximate surface area is 146 Å².